The van der Waals surface area contributed by atoms with Crippen LogP contribution in [0.4, 0.5) is 0 Å². The van der Waals surface area contributed by atoms with E-state index in [4.69, 9.17) is 43.7 Å². The van der Waals surface area contributed by atoms with E-state index in [0.29, 0.717) is 11.3 Å². The Hall–Kier alpha value is -9.66. The molecule has 81 heavy (non-hydrogen) atoms. The van der Waals surface area contributed by atoms with E-state index < -0.39 is 17.0 Å². The quantitative estimate of drug-likeness (QED) is 0.0886. The monoisotopic (exact) mass is 1070 g/mol. The van der Waals surface area contributed by atoms with Gasteiger partial charge in [0.05, 0.1) is 74.5 Å². The van der Waals surface area contributed by atoms with Gasteiger partial charge in [-0.15, -0.1) is 0 Å². The SMILES string of the molecule is COC(=O)c1ccc(-c2cn(C(C)(c3ccccn3)c3ccccn3)c3cc(-c4c(C)noc4C)cnc23)cc1.Cc1noc(C)c1-c1cnc2c(-c3ccc(C(=O)O)cc3)cn(C(C)(c3ccccn3)c3ccccn3)c2c1.[Li+].[OH-]. The predicted octanol–water partition coefficient (Wildman–Crippen LogP) is 9.47. The average molecular weight is 1070 g/mol. The Kier molecular flexibility index (Phi) is 15.9. The molecular weight excluding hydrogens is 1020 g/mol. The van der Waals surface area contributed by atoms with Crippen molar-refractivity contribution in [1.29, 1.82) is 0 Å². The first kappa shape index (κ1) is 56.1. The van der Waals surface area contributed by atoms with E-state index in [0.717, 1.165) is 106 Å². The maximum atomic E-state index is 12.1. The van der Waals surface area contributed by atoms with E-state index in [1.807, 2.05) is 143 Å². The minimum absolute atomic E-state index is 0. The number of methoxy groups -OCH3 is 1. The van der Waals surface area contributed by atoms with E-state index >= 15 is 0 Å². The van der Waals surface area contributed by atoms with Crippen LogP contribution in [0.3, 0.4) is 0 Å². The van der Waals surface area contributed by atoms with Crippen LogP contribution in [-0.4, -0.2) is 79.0 Å². The zero-order valence-electron chi connectivity index (χ0n) is 45.7. The molecule has 17 nitrogen and oxygen atoms in total. The van der Waals surface area contributed by atoms with Crippen molar-refractivity contribution < 1.29 is 52.8 Å². The second kappa shape index (κ2) is 23.0. The van der Waals surface area contributed by atoms with Crippen molar-refractivity contribution in [2.24, 2.45) is 0 Å². The van der Waals surface area contributed by atoms with E-state index in [9.17, 15) is 14.7 Å². The Morgan fingerprint density at radius 3 is 1.16 bits per heavy atom. The number of hydrogen-bond acceptors (Lipinski definition) is 14. The topological polar surface area (TPSA) is 233 Å². The Bertz CT molecular complexity index is 4070. The molecule has 0 amide bonds. The summed E-state index contributed by atoms with van der Waals surface area (Å²) in [6.07, 6.45) is 15.0. The van der Waals surface area contributed by atoms with Crippen molar-refractivity contribution in [2.75, 3.05) is 7.11 Å². The molecule has 12 aromatic rings. The van der Waals surface area contributed by atoms with Crippen LogP contribution in [0.1, 0.15) is 80.2 Å². The molecule has 0 spiro atoms. The second-order valence-corrected chi connectivity index (χ2v) is 19.4. The fraction of sp³-hybridized carbons (Fsp3) is 0.143. The first-order valence-corrected chi connectivity index (χ1v) is 25.4. The van der Waals surface area contributed by atoms with Crippen molar-refractivity contribution in [3.8, 4) is 44.5 Å². The smallest absolute Gasteiger partial charge is 0.870 e. The third-order valence-electron chi connectivity index (χ3n) is 14.6. The number of carbonyl (C=O) groups excluding carboxylic acids is 1. The molecule has 0 aliphatic heterocycles. The van der Waals surface area contributed by atoms with Crippen molar-refractivity contribution in [3.05, 3.63) is 240 Å². The summed E-state index contributed by atoms with van der Waals surface area (Å²) in [5.74, 6) is 0.0965. The van der Waals surface area contributed by atoms with Gasteiger partial charge in [-0.2, -0.15) is 0 Å². The molecule has 0 bridgehead atoms. The van der Waals surface area contributed by atoms with Gasteiger partial charge in [0.1, 0.15) is 22.6 Å². The number of rotatable bonds is 12. The molecule has 0 radical (unpaired) electrons. The predicted molar refractivity (Wildman–Crippen MR) is 301 cm³/mol. The molecule has 0 saturated carbocycles. The third kappa shape index (κ3) is 10.1. The van der Waals surface area contributed by atoms with Crippen LogP contribution in [0.5, 0.6) is 0 Å². The van der Waals surface area contributed by atoms with Crippen LogP contribution in [-0.2, 0) is 15.8 Å². The molecule has 18 heteroatoms. The van der Waals surface area contributed by atoms with E-state index in [-0.39, 0.29) is 35.9 Å². The van der Waals surface area contributed by atoms with Gasteiger partial charge in [0.25, 0.3) is 0 Å². The molecule has 2 aromatic carbocycles. The van der Waals surface area contributed by atoms with Crippen molar-refractivity contribution in [2.45, 2.75) is 52.6 Å². The van der Waals surface area contributed by atoms with Gasteiger partial charge >= 0.3 is 30.8 Å². The average Bonchev–Trinajstić information content (AvgIpc) is 4.32. The number of aromatic carboxylic acids is 1. The molecule has 0 aliphatic rings. The zero-order chi connectivity index (χ0) is 55.0. The van der Waals surface area contributed by atoms with Crippen LogP contribution in [0.25, 0.3) is 66.6 Å². The number of aromatic nitrogens is 10. The summed E-state index contributed by atoms with van der Waals surface area (Å²) in [5, 5.41) is 17.7. The number of hydrogen-bond donors (Lipinski definition) is 1. The summed E-state index contributed by atoms with van der Waals surface area (Å²) in [5.41, 5.74) is 14.5. The third-order valence-corrected chi connectivity index (χ3v) is 14.6. The molecule has 10 heterocycles. The second-order valence-electron chi connectivity index (χ2n) is 19.4. The summed E-state index contributed by atoms with van der Waals surface area (Å²) in [4.78, 5) is 52.5. The van der Waals surface area contributed by atoms with E-state index in [1.54, 1.807) is 49.1 Å². The van der Waals surface area contributed by atoms with Crippen molar-refractivity contribution in [3.63, 3.8) is 0 Å². The minimum atomic E-state index is -0.968. The number of pyridine rings is 6. The van der Waals surface area contributed by atoms with Crippen LogP contribution in [0, 0.1) is 27.7 Å². The molecule has 2 N–H and O–H groups in total. The summed E-state index contributed by atoms with van der Waals surface area (Å²) in [6.45, 7) is 11.8. The fourth-order valence-electron chi connectivity index (χ4n) is 10.5. The van der Waals surface area contributed by atoms with Gasteiger partial charge in [0, 0.05) is 83.0 Å². The van der Waals surface area contributed by atoms with Gasteiger partial charge in [-0.25, -0.2) is 9.59 Å². The maximum absolute atomic E-state index is 12.1. The number of carbonyl (C=O) groups is 2. The minimum Gasteiger partial charge on any atom is -0.870 e. The number of aryl methyl sites for hydroxylation is 4. The molecule has 0 saturated heterocycles. The Morgan fingerprint density at radius 1 is 0.506 bits per heavy atom. The zero-order valence-corrected chi connectivity index (χ0v) is 45.7. The normalized spacial score (nSPS) is 11.3. The number of ether oxygens (including phenoxy) is 1. The largest absolute Gasteiger partial charge is 1.00 e. The van der Waals surface area contributed by atoms with Crippen LogP contribution >= 0.6 is 0 Å². The summed E-state index contributed by atoms with van der Waals surface area (Å²) >= 11 is 0. The molecule has 0 atom stereocenters. The molecule has 0 fully saturated rings. The number of esters is 1. The Balaban J connectivity index is 0.000000191. The summed E-state index contributed by atoms with van der Waals surface area (Å²) < 4.78 is 20.1. The summed E-state index contributed by atoms with van der Waals surface area (Å²) in [7, 11) is 1.38. The number of nitrogens with zero attached hydrogens (tertiary/aromatic N) is 10. The van der Waals surface area contributed by atoms with Gasteiger partial charge in [0.15, 0.2) is 0 Å². The standard InChI is InChI=1S/C32H27N5O3.C31H25N5O3.Li.H2O/c1-20-29(21(2)40-36-20)24-17-26-30(35-18-24)25(22-11-13-23(14-12-22)31(38)39-4)19-37(26)32(3,27-9-5-7-15-33-27)28-10-6-8-16-34-28;1-19-28(20(2)39-35-19)23-16-25-29(34-17-23)24(21-10-12-22(13-11-21)30(37)38)18-36(25)31(3,26-8-4-6-14-32-26)27-9-5-7-15-33-27;;/h5-19H,1-4H3;4-18H,1-3H3,(H,37,38);;1H2/q;;+1;/p-1. The van der Waals surface area contributed by atoms with Crippen LogP contribution < -0.4 is 18.9 Å². The number of carboxylic acids is 1. The molecule has 0 unspecified atom stereocenters. The Morgan fingerprint density at radius 2 is 0.864 bits per heavy atom. The molecule has 10 aromatic heterocycles. The van der Waals surface area contributed by atoms with Crippen molar-refractivity contribution in [1.82, 2.24) is 49.4 Å². The number of carboxylic acid groups (broad SMARTS) is 1. The van der Waals surface area contributed by atoms with Crippen LogP contribution in [0.2, 0.25) is 0 Å². The van der Waals surface area contributed by atoms with Gasteiger partial charge in [-0.1, -0.05) is 58.8 Å². The fourth-order valence-corrected chi connectivity index (χ4v) is 10.5. The van der Waals surface area contributed by atoms with Gasteiger partial charge in [-0.05, 0) is 138 Å². The Labute approximate surface area is 477 Å². The van der Waals surface area contributed by atoms with E-state index in [2.05, 4.69) is 51.6 Å². The molecular formula is C63H53LiN10O7. The maximum Gasteiger partial charge on any atom is 1.00 e. The molecule has 398 valence electrons. The molecule has 0 aliphatic carbocycles. The van der Waals surface area contributed by atoms with E-state index in [1.165, 1.54) is 7.11 Å². The van der Waals surface area contributed by atoms with Crippen molar-refractivity contribution >= 4 is 34.0 Å². The van der Waals surface area contributed by atoms with Gasteiger partial charge < -0.3 is 33.5 Å². The number of benzene rings is 2. The molecule has 12 rings (SSSR count). The number of fused-ring (bicyclic) bond motifs is 2. The van der Waals surface area contributed by atoms with Gasteiger partial charge in [0.2, 0.25) is 0 Å². The first-order valence-electron chi connectivity index (χ1n) is 25.4. The first-order chi connectivity index (χ1) is 38.3. The summed E-state index contributed by atoms with van der Waals surface area (Å²) in [6, 6.07) is 41.9. The van der Waals surface area contributed by atoms with Gasteiger partial charge in [-0.3, -0.25) is 29.9 Å². The van der Waals surface area contributed by atoms with Crippen LogP contribution in [0.15, 0.2) is 192 Å².